The van der Waals surface area contributed by atoms with Gasteiger partial charge in [-0.25, -0.2) is 0 Å². The van der Waals surface area contributed by atoms with Gasteiger partial charge in [-0.1, -0.05) is 19.3 Å². The number of aliphatic hydroxyl groups excluding tert-OH is 1. The van der Waals surface area contributed by atoms with Crippen LogP contribution in [0.15, 0.2) is 18.2 Å². The zero-order valence-electron chi connectivity index (χ0n) is 17.6. The molecule has 3 rings (SSSR count). The first-order valence-electron chi connectivity index (χ1n) is 10.3. The summed E-state index contributed by atoms with van der Waals surface area (Å²) in [6, 6.07) is 4.52. The number of likely N-dealkylation sites (tertiary alicyclic amines) is 1. The molecule has 1 heterocycles. The van der Waals surface area contributed by atoms with Crippen molar-refractivity contribution in [2.24, 2.45) is 5.41 Å². The maximum Gasteiger partial charge on any atom is 0.245 e. The van der Waals surface area contributed by atoms with Crippen molar-refractivity contribution in [3.8, 4) is 11.5 Å². The number of hydrogen-bond donors (Lipinski definition) is 2. The summed E-state index contributed by atoms with van der Waals surface area (Å²) in [7, 11) is 3.14. The summed E-state index contributed by atoms with van der Waals surface area (Å²) in [5.74, 6) is 0.892. The number of methoxy groups -OCH3 is 2. The summed E-state index contributed by atoms with van der Waals surface area (Å²) in [5.41, 5.74) is 0.790. The predicted octanol–water partition coefficient (Wildman–Crippen LogP) is 2.25. The molecule has 0 aromatic heterocycles. The number of rotatable bonds is 7. The number of nitrogens with zero attached hydrogens (tertiary/aromatic N) is 1. The normalized spacial score (nSPS) is 20.4. The number of nitrogens with one attached hydrogen (secondary N) is 1. The van der Waals surface area contributed by atoms with E-state index in [1.54, 1.807) is 32.1 Å². The maximum absolute atomic E-state index is 12.9. The van der Waals surface area contributed by atoms with E-state index in [1.807, 2.05) is 12.1 Å². The number of aliphatic hydroxyl groups is 1. The van der Waals surface area contributed by atoms with Gasteiger partial charge < -0.3 is 24.8 Å². The van der Waals surface area contributed by atoms with E-state index in [0.29, 0.717) is 24.5 Å². The highest BCUT2D eigenvalue weighted by Gasteiger charge is 2.48. The second-order valence-electron chi connectivity index (χ2n) is 8.38. The predicted molar refractivity (Wildman–Crippen MR) is 109 cm³/mol. The first-order chi connectivity index (χ1) is 13.9. The maximum atomic E-state index is 12.9. The zero-order chi connectivity index (χ0) is 21.0. The van der Waals surface area contributed by atoms with Crippen LogP contribution in [0.4, 0.5) is 0 Å². The van der Waals surface area contributed by atoms with E-state index in [-0.39, 0.29) is 23.8 Å². The first-order valence-corrected chi connectivity index (χ1v) is 10.3. The van der Waals surface area contributed by atoms with Crippen molar-refractivity contribution >= 4 is 11.8 Å². The minimum Gasteiger partial charge on any atom is -0.497 e. The molecule has 2 aliphatic rings. The molecule has 1 saturated heterocycles. The highest BCUT2D eigenvalue weighted by molar-refractivity contribution is 5.89. The average molecular weight is 405 g/mol. The van der Waals surface area contributed by atoms with Crippen molar-refractivity contribution in [2.45, 2.75) is 64.1 Å². The van der Waals surface area contributed by atoms with Crippen LogP contribution in [0.1, 0.15) is 51.0 Å². The minimum absolute atomic E-state index is 0.0249. The molecule has 1 aliphatic carbocycles. The fourth-order valence-corrected chi connectivity index (χ4v) is 4.70. The molecule has 0 unspecified atom stereocenters. The van der Waals surface area contributed by atoms with E-state index in [9.17, 15) is 14.7 Å². The Morgan fingerprint density at radius 2 is 1.79 bits per heavy atom. The molecule has 2 N–H and O–H groups in total. The minimum atomic E-state index is -0.947. The SMILES string of the molecule is COc1cc(CNC(=O)[C@H]([C@@H](C)O)N2CC3(CCCCC3)CC2=O)cc(OC)c1. The Balaban J connectivity index is 1.69. The summed E-state index contributed by atoms with van der Waals surface area (Å²) in [6.07, 6.45) is 5.04. The fourth-order valence-electron chi connectivity index (χ4n) is 4.70. The zero-order valence-corrected chi connectivity index (χ0v) is 17.6. The number of benzene rings is 1. The van der Waals surface area contributed by atoms with Gasteiger partial charge in [-0.2, -0.15) is 0 Å². The third-order valence-electron chi connectivity index (χ3n) is 6.21. The van der Waals surface area contributed by atoms with Crippen LogP contribution in [0.5, 0.6) is 11.5 Å². The van der Waals surface area contributed by atoms with E-state index < -0.39 is 12.1 Å². The number of carbonyl (C=O) groups is 2. The van der Waals surface area contributed by atoms with E-state index in [4.69, 9.17) is 9.47 Å². The smallest absolute Gasteiger partial charge is 0.245 e. The lowest BCUT2D eigenvalue weighted by atomic mass is 9.73. The number of amides is 2. The standard InChI is InChI=1S/C22H32N2O5/c1-15(25)20(24-14-22(12-19(24)26)7-5-4-6-8-22)21(27)23-13-16-9-17(28-2)11-18(10-16)29-3/h9-11,15,20,25H,4-8,12-14H2,1-3H3,(H,23,27)/t15-,20+/m1/s1. The number of carbonyl (C=O) groups excluding carboxylic acids is 2. The lowest BCUT2D eigenvalue weighted by Crippen LogP contribution is -2.53. The molecule has 0 radical (unpaired) electrons. The highest BCUT2D eigenvalue weighted by Crippen LogP contribution is 2.45. The van der Waals surface area contributed by atoms with Crippen molar-refractivity contribution < 1.29 is 24.2 Å². The molecule has 7 nitrogen and oxygen atoms in total. The fraction of sp³-hybridized carbons (Fsp3) is 0.636. The van der Waals surface area contributed by atoms with Crippen LogP contribution >= 0.6 is 0 Å². The van der Waals surface area contributed by atoms with Crippen LogP contribution in [0.25, 0.3) is 0 Å². The van der Waals surface area contributed by atoms with Crippen LogP contribution in [-0.2, 0) is 16.1 Å². The molecule has 7 heteroatoms. The Morgan fingerprint density at radius 1 is 1.17 bits per heavy atom. The topological polar surface area (TPSA) is 88.1 Å². The van der Waals surface area contributed by atoms with Crippen molar-refractivity contribution in [1.29, 1.82) is 0 Å². The second-order valence-corrected chi connectivity index (χ2v) is 8.38. The van der Waals surface area contributed by atoms with Gasteiger partial charge in [-0.15, -0.1) is 0 Å². The molecule has 1 spiro atoms. The monoisotopic (exact) mass is 404 g/mol. The van der Waals surface area contributed by atoms with Gasteiger partial charge in [-0.3, -0.25) is 9.59 Å². The molecule has 2 fully saturated rings. The van der Waals surface area contributed by atoms with E-state index in [2.05, 4.69) is 5.32 Å². The van der Waals surface area contributed by atoms with Crippen molar-refractivity contribution in [2.75, 3.05) is 20.8 Å². The summed E-state index contributed by atoms with van der Waals surface area (Å²) in [4.78, 5) is 27.3. The van der Waals surface area contributed by atoms with Crippen LogP contribution in [0, 0.1) is 5.41 Å². The molecular weight excluding hydrogens is 372 g/mol. The third kappa shape index (κ3) is 4.83. The van der Waals surface area contributed by atoms with E-state index in [0.717, 1.165) is 31.2 Å². The van der Waals surface area contributed by atoms with Gasteiger partial charge in [0.25, 0.3) is 0 Å². The van der Waals surface area contributed by atoms with Gasteiger partial charge in [0.1, 0.15) is 17.5 Å². The summed E-state index contributed by atoms with van der Waals surface area (Å²) < 4.78 is 10.5. The number of ether oxygens (including phenoxy) is 2. The summed E-state index contributed by atoms with van der Waals surface area (Å²) in [6.45, 7) is 2.38. The Hall–Kier alpha value is -2.28. The molecule has 2 atom stereocenters. The quantitative estimate of drug-likeness (QED) is 0.728. The summed E-state index contributed by atoms with van der Waals surface area (Å²) >= 11 is 0. The molecular formula is C22H32N2O5. The largest absolute Gasteiger partial charge is 0.497 e. The third-order valence-corrected chi connectivity index (χ3v) is 6.21. The van der Waals surface area contributed by atoms with E-state index >= 15 is 0 Å². The molecule has 1 aliphatic heterocycles. The molecule has 160 valence electrons. The van der Waals surface area contributed by atoms with E-state index in [1.165, 1.54) is 6.42 Å². The van der Waals surface area contributed by atoms with Crippen LogP contribution in [-0.4, -0.2) is 54.7 Å². The summed E-state index contributed by atoms with van der Waals surface area (Å²) in [5, 5.41) is 13.2. The molecule has 2 amide bonds. The van der Waals surface area contributed by atoms with Crippen molar-refractivity contribution in [1.82, 2.24) is 10.2 Å². The number of hydrogen-bond acceptors (Lipinski definition) is 5. The molecule has 1 aromatic rings. The Labute approximate surface area is 172 Å². The molecule has 1 saturated carbocycles. The second kappa shape index (κ2) is 9.03. The van der Waals surface area contributed by atoms with Gasteiger partial charge >= 0.3 is 0 Å². The van der Waals surface area contributed by atoms with Crippen LogP contribution < -0.4 is 14.8 Å². The van der Waals surface area contributed by atoms with Crippen molar-refractivity contribution in [3.63, 3.8) is 0 Å². The molecule has 0 bridgehead atoms. The van der Waals surface area contributed by atoms with Gasteiger partial charge in [0.05, 0.1) is 20.3 Å². The Bertz CT molecular complexity index is 720. The van der Waals surface area contributed by atoms with Crippen LogP contribution in [0.2, 0.25) is 0 Å². The van der Waals surface area contributed by atoms with Gasteiger partial charge in [0, 0.05) is 25.6 Å². The van der Waals surface area contributed by atoms with Gasteiger partial charge in [0.15, 0.2) is 0 Å². The Kier molecular flexibility index (Phi) is 6.67. The first kappa shape index (κ1) is 21.4. The van der Waals surface area contributed by atoms with Crippen LogP contribution in [0.3, 0.4) is 0 Å². The molecule has 29 heavy (non-hydrogen) atoms. The van der Waals surface area contributed by atoms with Gasteiger partial charge in [0.2, 0.25) is 11.8 Å². The molecule has 1 aromatic carbocycles. The lowest BCUT2D eigenvalue weighted by Gasteiger charge is -2.35. The highest BCUT2D eigenvalue weighted by atomic mass is 16.5. The average Bonchev–Trinajstić information content (AvgIpc) is 3.01. The Morgan fingerprint density at radius 3 is 2.34 bits per heavy atom. The van der Waals surface area contributed by atoms with Gasteiger partial charge in [-0.05, 0) is 42.9 Å². The lowest BCUT2D eigenvalue weighted by molar-refractivity contribution is -0.141. The van der Waals surface area contributed by atoms with Crippen molar-refractivity contribution in [3.05, 3.63) is 23.8 Å².